The van der Waals surface area contributed by atoms with Crippen molar-refractivity contribution in [2.75, 3.05) is 46.0 Å². The molecule has 21 heavy (non-hydrogen) atoms. The fourth-order valence-corrected chi connectivity index (χ4v) is 2.40. The maximum atomic E-state index is 12.0. The van der Waals surface area contributed by atoms with Gasteiger partial charge in [-0.2, -0.15) is 11.8 Å². The number of aliphatic imine (C=N–C) groups is 1. The number of nitrogens with one attached hydrogen (secondary N) is 1. The predicted molar refractivity (Wildman–Crippen MR) is 103 cm³/mol. The minimum absolute atomic E-state index is 0. The Kier molecular flexibility index (Phi) is 10.4. The summed E-state index contributed by atoms with van der Waals surface area (Å²) in [6.07, 6.45) is 2.12. The molecular formula is C14H29IN4OS. The van der Waals surface area contributed by atoms with E-state index in [2.05, 4.69) is 28.4 Å². The summed E-state index contributed by atoms with van der Waals surface area (Å²) in [5, 5.41) is 3.97. The van der Waals surface area contributed by atoms with Crippen molar-refractivity contribution in [1.82, 2.24) is 15.1 Å². The number of piperazine rings is 1. The summed E-state index contributed by atoms with van der Waals surface area (Å²) in [6.45, 7) is 10.3. The third kappa shape index (κ3) is 6.63. The smallest absolute Gasteiger partial charge is 0.225 e. The van der Waals surface area contributed by atoms with E-state index in [0.717, 1.165) is 38.7 Å². The highest BCUT2D eigenvalue weighted by Gasteiger charge is 2.24. The van der Waals surface area contributed by atoms with Crippen LogP contribution in [0.2, 0.25) is 0 Å². The quantitative estimate of drug-likeness (QED) is 0.421. The third-order valence-electron chi connectivity index (χ3n) is 3.55. The first kappa shape index (κ1) is 20.8. The van der Waals surface area contributed by atoms with Gasteiger partial charge in [0.2, 0.25) is 5.91 Å². The largest absolute Gasteiger partial charge is 0.355 e. The Balaban J connectivity index is 0.00000400. The van der Waals surface area contributed by atoms with Crippen molar-refractivity contribution < 1.29 is 4.79 Å². The van der Waals surface area contributed by atoms with E-state index < -0.39 is 0 Å². The first-order valence-corrected chi connectivity index (χ1v) is 8.55. The molecule has 1 aliphatic heterocycles. The van der Waals surface area contributed by atoms with E-state index in [0.29, 0.717) is 5.25 Å². The summed E-state index contributed by atoms with van der Waals surface area (Å²) in [4.78, 5) is 20.5. The lowest BCUT2D eigenvalue weighted by molar-refractivity contribution is -0.135. The van der Waals surface area contributed by atoms with E-state index in [1.807, 2.05) is 37.6 Å². The van der Waals surface area contributed by atoms with E-state index >= 15 is 0 Å². The van der Waals surface area contributed by atoms with Crippen molar-refractivity contribution in [1.29, 1.82) is 0 Å². The summed E-state index contributed by atoms with van der Waals surface area (Å²) < 4.78 is 0. The molecule has 1 aliphatic rings. The fraction of sp³-hybridized carbons (Fsp3) is 0.857. The minimum Gasteiger partial charge on any atom is -0.355 e. The summed E-state index contributed by atoms with van der Waals surface area (Å²) in [6, 6.07) is 0. The topological polar surface area (TPSA) is 47.9 Å². The second-order valence-electron chi connectivity index (χ2n) is 5.44. The molecule has 124 valence electrons. The lowest BCUT2D eigenvalue weighted by Crippen LogP contribution is -2.54. The minimum atomic E-state index is 0. The Labute approximate surface area is 150 Å². The summed E-state index contributed by atoms with van der Waals surface area (Å²) in [7, 11) is 1.82. The molecule has 1 heterocycles. The van der Waals surface area contributed by atoms with Gasteiger partial charge >= 0.3 is 0 Å². The summed E-state index contributed by atoms with van der Waals surface area (Å²) >= 11 is 1.84. The Bertz CT molecular complexity index is 344. The summed E-state index contributed by atoms with van der Waals surface area (Å²) in [5.41, 5.74) is 0. The Morgan fingerprint density at radius 2 is 1.71 bits per heavy atom. The molecule has 0 saturated carbocycles. The molecule has 1 unspecified atom stereocenters. The van der Waals surface area contributed by atoms with E-state index in [4.69, 9.17) is 0 Å². The molecule has 5 nitrogen and oxygen atoms in total. The molecule has 1 N–H and O–H groups in total. The van der Waals surface area contributed by atoms with Gasteiger partial charge in [0.05, 0.1) is 0 Å². The lowest BCUT2D eigenvalue weighted by Gasteiger charge is -2.37. The second kappa shape index (κ2) is 10.5. The van der Waals surface area contributed by atoms with Crippen LogP contribution in [-0.2, 0) is 4.79 Å². The first-order valence-electron chi connectivity index (χ1n) is 7.26. The number of guanidine groups is 1. The van der Waals surface area contributed by atoms with Gasteiger partial charge in [0.15, 0.2) is 5.96 Å². The van der Waals surface area contributed by atoms with Crippen molar-refractivity contribution in [2.45, 2.75) is 26.0 Å². The number of thioether (sulfide) groups is 1. The van der Waals surface area contributed by atoms with Crippen molar-refractivity contribution in [3.05, 3.63) is 0 Å². The number of hydrogen-bond donors (Lipinski definition) is 1. The highest BCUT2D eigenvalue weighted by atomic mass is 127. The van der Waals surface area contributed by atoms with Crippen LogP contribution < -0.4 is 5.32 Å². The number of halogens is 1. The van der Waals surface area contributed by atoms with Crippen LogP contribution >= 0.6 is 35.7 Å². The second-order valence-corrected chi connectivity index (χ2v) is 6.72. The molecule has 0 aromatic rings. The number of carbonyl (C=O) groups excluding carboxylic acids is 1. The highest BCUT2D eigenvalue weighted by Crippen LogP contribution is 2.08. The first-order chi connectivity index (χ1) is 9.49. The van der Waals surface area contributed by atoms with Gasteiger partial charge in [0.1, 0.15) is 0 Å². The molecule has 0 aromatic heterocycles. The zero-order valence-corrected chi connectivity index (χ0v) is 16.9. The maximum absolute atomic E-state index is 12.0. The molecule has 1 atom stereocenters. The molecule has 1 fully saturated rings. The van der Waals surface area contributed by atoms with Crippen LogP contribution in [0.25, 0.3) is 0 Å². The highest BCUT2D eigenvalue weighted by molar-refractivity contribution is 14.0. The van der Waals surface area contributed by atoms with E-state index in [-0.39, 0.29) is 35.8 Å². The Morgan fingerprint density at radius 3 is 2.14 bits per heavy atom. The van der Waals surface area contributed by atoms with Gasteiger partial charge in [-0.1, -0.05) is 20.8 Å². The van der Waals surface area contributed by atoms with E-state index in [9.17, 15) is 4.79 Å². The van der Waals surface area contributed by atoms with Crippen LogP contribution in [0.3, 0.4) is 0 Å². The van der Waals surface area contributed by atoms with Gasteiger partial charge in [-0.25, -0.2) is 0 Å². The molecule has 1 saturated heterocycles. The van der Waals surface area contributed by atoms with E-state index in [1.54, 1.807) is 0 Å². The average molecular weight is 428 g/mol. The van der Waals surface area contributed by atoms with Crippen LogP contribution in [0.5, 0.6) is 0 Å². The van der Waals surface area contributed by atoms with E-state index in [1.165, 1.54) is 0 Å². The molecule has 7 heteroatoms. The molecule has 0 aromatic carbocycles. The van der Waals surface area contributed by atoms with Gasteiger partial charge in [0, 0.05) is 50.9 Å². The third-order valence-corrected chi connectivity index (χ3v) is 4.52. The van der Waals surface area contributed by atoms with Gasteiger partial charge in [-0.3, -0.25) is 9.79 Å². The van der Waals surface area contributed by atoms with Crippen molar-refractivity contribution in [2.24, 2.45) is 10.9 Å². The zero-order chi connectivity index (χ0) is 15.1. The van der Waals surface area contributed by atoms with Gasteiger partial charge < -0.3 is 15.1 Å². The van der Waals surface area contributed by atoms with Crippen molar-refractivity contribution >= 4 is 47.6 Å². The van der Waals surface area contributed by atoms with Crippen molar-refractivity contribution in [3.8, 4) is 0 Å². The average Bonchev–Trinajstić information content (AvgIpc) is 2.47. The molecule has 0 spiro atoms. The Morgan fingerprint density at radius 1 is 1.19 bits per heavy atom. The molecule has 0 radical (unpaired) electrons. The number of rotatable bonds is 4. The summed E-state index contributed by atoms with van der Waals surface area (Å²) in [5.74, 6) is 1.28. The van der Waals surface area contributed by atoms with Gasteiger partial charge in [0.25, 0.3) is 0 Å². The number of amides is 1. The molecule has 1 amide bonds. The normalized spacial score (nSPS) is 17.5. The Hall–Kier alpha value is -0.180. The van der Waals surface area contributed by atoms with Gasteiger partial charge in [-0.15, -0.1) is 24.0 Å². The van der Waals surface area contributed by atoms with Crippen LogP contribution in [-0.4, -0.2) is 72.9 Å². The predicted octanol–water partition coefficient (Wildman–Crippen LogP) is 1.73. The van der Waals surface area contributed by atoms with Crippen LogP contribution in [0.1, 0.15) is 20.8 Å². The molecule has 0 bridgehead atoms. The molecule has 1 rings (SSSR count). The van der Waals surface area contributed by atoms with Crippen molar-refractivity contribution in [3.63, 3.8) is 0 Å². The molecule has 0 aliphatic carbocycles. The fourth-order valence-electron chi connectivity index (χ4n) is 2.15. The number of hydrogen-bond acceptors (Lipinski definition) is 3. The zero-order valence-electron chi connectivity index (χ0n) is 13.8. The van der Waals surface area contributed by atoms with Gasteiger partial charge in [-0.05, 0) is 6.26 Å². The van der Waals surface area contributed by atoms with Crippen LogP contribution in [0.4, 0.5) is 0 Å². The lowest BCUT2D eigenvalue weighted by atomic mass is 10.1. The monoisotopic (exact) mass is 428 g/mol. The van der Waals surface area contributed by atoms with Crippen LogP contribution in [0.15, 0.2) is 4.99 Å². The maximum Gasteiger partial charge on any atom is 0.225 e. The van der Waals surface area contributed by atoms with Crippen LogP contribution in [0, 0.1) is 5.92 Å². The number of nitrogens with zero attached hydrogens (tertiary/aromatic N) is 3. The SMILES string of the molecule is CN=C(NCC(C)SC)N1CCN(C(=O)C(C)C)CC1.I. The molecular weight excluding hydrogens is 399 g/mol. The number of carbonyl (C=O) groups is 1. The standard InChI is InChI=1S/C14H28N4OS.HI/c1-11(2)13(19)17-6-8-18(9-7-17)14(15-4)16-10-12(3)20-5;/h11-12H,6-10H2,1-5H3,(H,15,16);1H.